The topological polar surface area (TPSA) is 113 Å². The molecule has 1 aliphatic heterocycles. The van der Waals surface area contributed by atoms with Crippen LogP contribution >= 0.6 is 0 Å². The van der Waals surface area contributed by atoms with Gasteiger partial charge >= 0.3 is 0 Å². The predicted molar refractivity (Wildman–Crippen MR) is 118 cm³/mol. The molecule has 1 aliphatic rings. The molecule has 160 valence electrons. The van der Waals surface area contributed by atoms with E-state index < -0.39 is 11.9 Å². The minimum Gasteiger partial charge on any atom is -0.489 e. The number of amides is 2. The number of aromatic nitrogens is 4. The first-order chi connectivity index (χ1) is 15.6. The minimum absolute atomic E-state index is 0.00498. The fourth-order valence-corrected chi connectivity index (χ4v) is 3.76. The van der Waals surface area contributed by atoms with Crippen molar-refractivity contribution in [2.24, 2.45) is 0 Å². The van der Waals surface area contributed by atoms with Crippen LogP contribution in [0.3, 0.4) is 0 Å². The maximum absolute atomic E-state index is 13.1. The number of H-pyrrole nitrogens is 1. The number of aromatic amines is 1. The van der Waals surface area contributed by atoms with E-state index >= 15 is 0 Å². The SMILES string of the molecule is CN1C(=O)C(NC(=O)c2n[nH]c(Cc3ccccc3)n2)COc2ccc3ncccc3c21. The van der Waals surface area contributed by atoms with E-state index in [0.29, 0.717) is 23.7 Å². The highest BCUT2D eigenvalue weighted by Crippen LogP contribution is 2.37. The van der Waals surface area contributed by atoms with Crippen LogP contribution in [0.1, 0.15) is 22.0 Å². The van der Waals surface area contributed by atoms with Gasteiger partial charge in [-0.25, -0.2) is 4.98 Å². The molecule has 4 aromatic rings. The number of benzene rings is 2. The smallest absolute Gasteiger partial charge is 0.291 e. The predicted octanol–water partition coefficient (Wildman–Crippen LogP) is 2.10. The van der Waals surface area contributed by atoms with Gasteiger partial charge in [0.15, 0.2) is 0 Å². The number of nitrogens with one attached hydrogen (secondary N) is 2. The van der Waals surface area contributed by atoms with Crippen molar-refractivity contribution in [3.05, 3.63) is 78.0 Å². The molecule has 0 saturated heterocycles. The van der Waals surface area contributed by atoms with Crippen molar-refractivity contribution in [2.75, 3.05) is 18.6 Å². The number of rotatable bonds is 4. The van der Waals surface area contributed by atoms with Gasteiger partial charge in [-0.3, -0.25) is 19.7 Å². The quantitative estimate of drug-likeness (QED) is 0.515. The number of ether oxygens (including phenoxy) is 1. The summed E-state index contributed by atoms with van der Waals surface area (Å²) in [7, 11) is 1.66. The summed E-state index contributed by atoms with van der Waals surface area (Å²) in [5.74, 6) is 0.249. The fourth-order valence-electron chi connectivity index (χ4n) is 3.76. The largest absolute Gasteiger partial charge is 0.489 e. The number of hydrogen-bond donors (Lipinski definition) is 2. The van der Waals surface area contributed by atoms with Crippen LogP contribution in [-0.4, -0.2) is 51.7 Å². The average molecular weight is 428 g/mol. The summed E-state index contributed by atoms with van der Waals surface area (Å²) in [5, 5.41) is 10.3. The van der Waals surface area contributed by atoms with Gasteiger partial charge in [0.2, 0.25) is 5.82 Å². The van der Waals surface area contributed by atoms with Crippen LogP contribution in [0, 0.1) is 0 Å². The molecular formula is C23H20N6O3. The van der Waals surface area contributed by atoms with Crippen molar-refractivity contribution in [2.45, 2.75) is 12.5 Å². The first-order valence-corrected chi connectivity index (χ1v) is 10.1. The van der Waals surface area contributed by atoms with Crippen LogP contribution in [0.25, 0.3) is 10.9 Å². The van der Waals surface area contributed by atoms with E-state index in [2.05, 4.69) is 25.5 Å². The average Bonchev–Trinajstić information content (AvgIpc) is 3.25. The van der Waals surface area contributed by atoms with Gasteiger partial charge in [-0.2, -0.15) is 0 Å². The molecule has 0 aliphatic carbocycles. The van der Waals surface area contributed by atoms with E-state index in [4.69, 9.17) is 4.74 Å². The standard InChI is InChI=1S/C23H20N6O3/c1-29-20-15-8-5-11-24-16(15)9-10-18(20)32-13-17(23(29)31)25-22(30)21-26-19(27-28-21)12-14-6-3-2-4-7-14/h2-11,17H,12-13H2,1H3,(H,25,30)(H,26,27,28). The number of nitrogens with zero attached hydrogens (tertiary/aromatic N) is 4. The zero-order valence-corrected chi connectivity index (χ0v) is 17.3. The maximum atomic E-state index is 13.1. The molecule has 0 radical (unpaired) electrons. The molecule has 2 aromatic carbocycles. The number of carbonyl (C=O) groups is 2. The molecule has 1 atom stereocenters. The molecular weight excluding hydrogens is 408 g/mol. The molecule has 9 nitrogen and oxygen atoms in total. The zero-order chi connectivity index (χ0) is 22.1. The van der Waals surface area contributed by atoms with Crippen LogP contribution in [0.15, 0.2) is 60.8 Å². The first-order valence-electron chi connectivity index (χ1n) is 10.1. The highest BCUT2D eigenvalue weighted by Gasteiger charge is 2.32. The molecule has 2 amide bonds. The second-order valence-electron chi connectivity index (χ2n) is 7.48. The Hall–Kier alpha value is -4.27. The molecule has 32 heavy (non-hydrogen) atoms. The minimum atomic E-state index is -0.886. The lowest BCUT2D eigenvalue weighted by atomic mass is 10.1. The Morgan fingerprint density at radius 2 is 2.03 bits per heavy atom. The summed E-state index contributed by atoms with van der Waals surface area (Å²) in [4.78, 5) is 36.0. The van der Waals surface area contributed by atoms with Crippen molar-refractivity contribution < 1.29 is 14.3 Å². The van der Waals surface area contributed by atoms with E-state index in [1.54, 1.807) is 25.4 Å². The van der Waals surface area contributed by atoms with Gasteiger partial charge in [0.1, 0.15) is 24.2 Å². The molecule has 9 heteroatoms. The van der Waals surface area contributed by atoms with Crippen LogP contribution in [0.2, 0.25) is 0 Å². The van der Waals surface area contributed by atoms with E-state index in [9.17, 15) is 9.59 Å². The van der Waals surface area contributed by atoms with E-state index in [1.807, 2.05) is 42.5 Å². The van der Waals surface area contributed by atoms with Gasteiger partial charge in [-0.15, -0.1) is 5.10 Å². The summed E-state index contributed by atoms with van der Waals surface area (Å²) in [6.45, 7) is -0.00498. The molecule has 0 bridgehead atoms. The van der Waals surface area contributed by atoms with Gasteiger partial charge < -0.3 is 15.0 Å². The number of anilines is 1. The van der Waals surface area contributed by atoms with Crippen molar-refractivity contribution in [1.29, 1.82) is 0 Å². The van der Waals surface area contributed by atoms with Crippen LogP contribution in [-0.2, 0) is 11.2 Å². The first kappa shape index (κ1) is 19.7. The monoisotopic (exact) mass is 428 g/mol. The highest BCUT2D eigenvalue weighted by molar-refractivity contribution is 6.08. The Balaban J connectivity index is 1.33. The molecule has 0 fully saturated rings. The van der Waals surface area contributed by atoms with Crippen molar-refractivity contribution in [1.82, 2.24) is 25.5 Å². The Morgan fingerprint density at radius 3 is 2.88 bits per heavy atom. The molecule has 0 spiro atoms. The summed E-state index contributed by atoms with van der Waals surface area (Å²) in [6.07, 6.45) is 2.21. The third-order valence-electron chi connectivity index (χ3n) is 5.34. The molecule has 1 unspecified atom stereocenters. The van der Waals surface area contributed by atoms with Gasteiger partial charge in [0.05, 0.1) is 11.2 Å². The number of fused-ring (bicyclic) bond motifs is 3. The second kappa shape index (κ2) is 8.10. The van der Waals surface area contributed by atoms with Crippen LogP contribution in [0.5, 0.6) is 5.75 Å². The lowest BCUT2D eigenvalue weighted by Gasteiger charge is -2.21. The van der Waals surface area contributed by atoms with Gasteiger partial charge in [-0.1, -0.05) is 30.3 Å². The molecule has 2 aromatic heterocycles. The normalized spacial score (nSPS) is 15.7. The van der Waals surface area contributed by atoms with Gasteiger partial charge in [0.25, 0.3) is 11.8 Å². The number of pyridine rings is 1. The van der Waals surface area contributed by atoms with Gasteiger partial charge in [0, 0.05) is 25.1 Å². The van der Waals surface area contributed by atoms with E-state index in [0.717, 1.165) is 16.5 Å². The molecule has 0 saturated carbocycles. The highest BCUT2D eigenvalue weighted by atomic mass is 16.5. The number of carbonyl (C=O) groups excluding carboxylic acids is 2. The lowest BCUT2D eigenvalue weighted by molar-refractivity contribution is -0.120. The third kappa shape index (κ3) is 3.64. The molecule has 5 rings (SSSR count). The fraction of sp³-hybridized carbons (Fsp3) is 0.174. The number of hydrogen-bond acceptors (Lipinski definition) is 6. The van der Waals surface area contributed by atoms with Crippen molar-refractivity contribution in [3.8, 4) is 5.75 Å². The van der Waals surface area contributed by atoms with Crippen LogP contribution in [0.4, 0.5) is 5.69 Å². The zero-order valence-electron chi connectivity index (χ0n) is 17.3. The Labute approximate surface area is 183 Å². The van der Waals surface area contributed by atoms with E-state index in [1.165, 1.54) is 4.90 Å². The summed E-state index contributed by atoms with van der Waals surface area (Å²) in [6, 6.07) is 16.2. The summed E-state index contributed by atoms with van der Waals surface area (Å²) >= 11 is 0. The maximum Gasteiger partial charge on any atom is 0.291 e. The Bertz CT molecular complexity index is 1300. The molecule has 2 N–H and O–H groups in total. The third-order valence-corrected chi connectivity index (χ3v) is 5.34. The van der Waals surface area contributed by atoms with Crippen molar-refractivity contribution in [3.63, 3.8) is 0 Å². The lowest BCUT2D eigenvalue weighted by Crippen LogP contribution is -2.49. The summed E-state index contributed by atoms with van der Waals surface area (Å²) in [5.41, 5.74) is 2.42. The number of likely N-dealkylation sites (N-methyl/N-ethyl adjacent to an activating group) is 1. The molecule has 3 heterocycles. The van der Waals surface area contributed by atoms with Crippen molar-refractivity contribution >= 4 is 28.4 Å². The Morgan fingerprint density at radius 1 is 1.19 bits per heavy atom. The summed E-state index contributed by atoms with van der Waals surface area (Å²) < 4.78 is 5.88. The van der Waals surface area contributed by atoms with Crippen LogP contribution < -0.4 is 15.0 Å². The second-order valence-corrected chi connectivity index (χ2v) is 7.48. The van der Waals surface area contributed by atoms with Gasteiger partial charge in [-0.05, 0) is 29.8 Å². The van der Waals surface area contributed by atoms with E-state index in [-0.39, 0.29) is 18.3 Å². The Kier molecular flexibility index (Phi) is 4.98.